The smallest absolute Gasteiger partial charge is 0.256 e. The second kappa shape index (κ2) is 11.5. The number of hydrogen-bond donors (Lipinski definition) is 3. The standard InChI is InChI=1S/C28H33N9O2/c1-5-13-29-27(38)22-17-30-28(31-19-9-10-23-21(16-19)18(2)35-37(23)4)34-26(22)33-24-7-6-8-25(32-24)39-20-11-14-36(3)15-12-20/h5-10,16-17,20H,1,11-15H2,2-4H3,(H,29,38)(H2,30,31,32,33,34). The normalized spacial score (nSPS) is 14.2. The van der Waals surface area contributed by atoms with E-state index in [1.165, 1.54) is 6.20 Å². The molecule has 1 aliphatic rings. The van der Waals surface area contributed by atoms with Gasteiger partial charge in [0.2, 0.25) is 11.8 Å². The topological polar surface area (TPSA) is 122 Å². The Balaban J connectivity index is 1.39. The van der Waals surface area contributed by atoms with Crippen molar-refractivity contribution in [3.63, 3.8) is 0 Å². The quantitative estimate of drug-likeness (QED) is 0.278. The molecule has 0 atom stereocenters. The fourth-order valence-electron chi connectivity index (χ4n) is 4.56. The third-order valence-electron chi connectivity index (χ3n) is 6.65. The molecule has 0 radical (unpaired) electrons. The van der Waals surface area contributed by atoms with E-state index in [4.69, 9.17) is 4.74 Å². The lowest BCUT2D eigenvalue weighted by Gasteiger charge is -2.29. The summed E-state index contributed by atoms with van der Waals surface area (Å²) in [6.07, 6.45) is 5.13. The lowest BCUT2D eigenvalue weighted by atomic mass is 10.1. The minimum atomic E-state index is -0.324. The summed E-state index contributed by atoms with van der Waals surface area (Å²) >= 11 is 0. The molecular weight excluding hydrogens is 494 g/mol. The molecule has 0 spiro atoms. The first-order valence-corrected chi connectivity index (χ1v) is 13.0. The third-order valence-corrected chi connectivity index (χ3v) is 6.65. The van der Waals surface area contributed by atoms with E-state index in [2.05, 4.69) is 54.5 Å². The van der Waals surface area contributed by atoms with Gasteiger partial charge >= 0.3 is 0 Å². The van der Waals surface area contributed by atoms with Gasteiger partial charge in [0.15, 0.2) is 0 Å². The summed E-state index contributed by atoms with van der Waals surface area (Å²) < 4.78 is 7.99. The number of ether oxygens (including phenoxy) is 1. The number of aryl methyl sites for hydroxylation is 2. The van der Waals surface area contributed by atoms with E-state index < -0.39 is 0 Å². The van der Waals surface area contributed by atoms with Gasteiger partial charge in [-0.2, -0.15) is 15.1 Å². The molecule has 11 nitrogen and oxygen atoms in total. The highest BCUT2D eigenvalue weighted by Gasteiger charge is 2.19. The lowest BCUT2D eigenvalue weighted by Crippen LogP contribution is -2.35. The van der Waals surface area contributed by atoms with Crippen LogP contribution in [0.5, 0.6) is 5.88 Å². The number of nitrogens with one attached hydrogen (secondary N) is 3. The maximum atomic E-state index is 12.9. The van der Waals surface area contributed by atoms with Crippen LogP contribution in [0.2, 0.25) is 0 Å². The molecule has 1 aromatic carbocycles. The second-order valence-corrected chi connectivity index (χ2v) is 9.63. The van der Waals surface area contributed by atoms with E-state index >= 15 is 0 Å². The summed E-state index contributed by atoms with van der Waals surface area (Å²) in [5, 5.41) is 14.7. The van der Waals surface area contributed by atoms with Crippen LogP contribution in [-0.2, 0) is 7.05 Å². The number of carbonyl (C=O) groups excluding carboxylic acids is 1. The van der Waals surface area contributed by atoms with Gasteiger partial charge in [0.25, 0.3) is 5.91 Å². The number of fused-ring (bicyclic) bond motifs is 1. The molecular formula is C28H33N9O2. The van der Waals surface area contributed by atoms with Crippen LogP contribution < -0.4 is 20.7 Å². The summed E-state index contributed by atoms with van der Waals surface area (Å²) in [6, 6.07) is 11.4. The molecule has 39 heavy (non-hydrogen) atoms. The van der Waals surface area contributed by atoms with Crippen molar-refractivity contribution in [1.82, 2.24) is 34.9 Å². The maximum Gasteiger partial charge on any atom is 0.256 e. The molecule has 1 amide bonds. The average Bonchev–Trinajstić information content (AvgIpc) is 3.21. The summed E-state index contributed by atoms with van der Waals surface area (Å²) in [4.78, 5) is 28.8. The Bertz CT molecular complexity index is 1490. The molecule has 1 fully saturated rings. The lowest BCUT2D eigenvalue weighted by molar-refractivity contribution is 0.0958. The zero-order valence-corrected chi connectivity index (χ0v) is 22.4. The van der Waals surface area contributed by atoms with Crippen LogP contribution in [0.15, 0.2) is 55.3 Å². The van der Waals surface area contributed by atoms with E-state index in [9.17, 15) is 4.79 Å². The number of amides is 1. The van der Waals surface area contributed by atoms with E-state index in [-0.39, 0.29) is 17.6 Å². The number of nitrogens with zero attached hydrogens (tertiary/aromatic N) is 6. The predicted octanol–water partition coefficient (Wildman–Crippen LogP) is 3.94. The Labute approximate surface area is 227 Å². The first kappa shape index (κ1) is 26.1. The Morgan fingerprint density at radius 3 is 2.77 bits per heavy atom. The Hall–Kier alpha value is -4.51. The van der Waals surface area contributed by atoms with Gasteiger partial charge in [-0.25, -0.2) is 4.98 Å². The molecule has 4 heterocycles. The maximum absolute atomic E-state index is 12.9. The minimum Gasteiger partial charge on any atom is -0.474 e. The molecule has 0 saturated carbocycles. The Morgan fingerprint density at radius 2 is 1.97 bits per heavy atom. The monoisotopic (exact) mass is 527 g/mol. The molecule has 1 saturated heterocycles. The number of aromatic nitrogens is 5. The number of piperidine rings is 1. The number of carbonyl (C=O) groups is 1. The van der Waals surface area contributed by atoms with Gasteiger partial charge in [0.05, 0.1) is 11.2 Å². The molecule has 0 bridgehead atoms. The van der Waals surface area contributed by atoms with Crippen LogP contribution in [0, 0.1) is 6.92 Å². The summed E-state index contributed by atoms with van der Waals surface area (Å²) in [7, 11) is 4.03. The average molecular weight is 528 g/mol. The summed E-state index contributed by atoms with van der Waals surface area (Å²) in [5.74, 6) is 1.36. The molecule has 202 valence electrons. The Morgan fingerprint density at radius 1 is 1.15 bits per heavy atom. The van der Waals surface area contributed by atoms with Crippen molar-refractivity contribution in [1.29, 1.82) is 0 Å². The van der Waals surface area contributed by atoms with Gasteiger partial charge in [-0.05, 0) is 51.1 Å². The highest BCUT2D eigenvalue weighted by Crippen LogP contribution is 2.26. The van der Waals surface area contributed by atoms with Crippen molar-refractivity contribution in [3.8, 4) is 5.88 Å². The molecule has 5 rings (SSSR count). The van der Waals surface area contributed by atoms with Crippen molar-refractivity contribution in [2.24, 2.45) is 7.05 Å². The van der Waals surface area contributed by atoms with Gasteiger partial charge < -0.3 is 25.6 Å². The first-order valence-electron chi connectivity index (χ1n) is 13.0. The van der Waals surface area contributed by atoms with E-state index in [1.54, 1.807) is 12.1 Å². The Kier molecular flexibility index (Phi) is 7.69. The van der Waals surface area contributed by atoms with Crippen LogP contribution in [-0.4, -0.2) is 68.3 Å². The SMILES string of the molecule is C=CCNC(=O)c1cnc(Nc2ccc3c(c2)c(C)nn3C)nc1Nc1cccc(OC2CCN(C)CC2)n1. The highest BCUT2D eigenvalue weighted by atomic mass is 16.5. The van der Waals surface area contributed by atoms with Crippen LogP contribution >= 0.6 is 0 Å². The molecule has 11 heteroatoms. The molecule has 1 aliphatic heterocycles. The van der Waals surface area contributed by atoms with Crippen LogP contribution in [0.1, 0.15) is 28.9 Å². The van der Waals surface area contributed by atoms with Crippen molar-refractivity contribution in [2.45, 2.75) is 25.9 Å². The number of rotatable bonds is 9. The van der Waals surface area contributed by atoms with Gasteiger partial charge in [0.1, 0.15) is 23.3 Å². The van der Waals surface area contributed by atoms with Gasteiger partial charge in [-0.15, -0.1) is 6.58 Å². The molecule has 3 aromatic heterocycles. The van der Waals surface area contributed by atoms with Crippen LogP contribution in [0.4, 0.5) is 23.3 Å². The van der Waals surface area contributed by atoms with Crippen molar-refractivity contribution < 1.29 is 9.53 Å². The van der Waals surface area contributed by atoms with E-state index in [1.807, 2.05) is 49.0 Å². The number of hydrogen-bond acceptors (Lipinski definition) is 9. The number of likely N-dealkylation sites (tertiary alicyclic amines) is 1. The number of anilines is 4. The molecule has 3 N–H and O–H groups in total. The highest BCUT2D eigenvalue weighted by molar-refractivity contribution is 5.99. The van der Waals surface area contributed by atoms with Gasteiger partial charge in [0, 0.05) is 50.0 Å². The molecule has 4 aromatic rings. The van der Waals surface area contributed by atoms with E-state index in [0.29, 0.717) is 30.0 Å². The van der Waals surface area contributed by atoms with Gasteiger partial charge in [-0.3, -0.25) is 9.48 Å². The molecule has 0 unspecified atom stereocenters. The fourth-order valence-corrected chi connectivity index (χ4v) is 4.56. The van der Waals surface area contributed by atoms with Crippen molar-refractivity contribution in [2.75, 3.05) is 37.3 Å². The van der Waals surface area contributed by atoms with Crippen LogP contribution in [0.3, 0.4) is 0 Å². The minimum absolute atomic E-state index is 0.125. The first-order chi connectivity index (χ1) is 18.9. The van der Waals surface area contributed by atoms with Crippen LogP contribution in [0.25, 0.3) is 10.9 Å². The third kappa shape index (κ3) is 6.15. The van der Waals surface area contributed by atoms with Crippen molar-refractivity contribution >= 4 is 40.1 Å². The number of pyridine rings is 1. The summed E-state index contributed by atoms with van der Waals surface area (Å²) in [5.41, 5.74) is 3.05. The zero-order chi connectivity index (χ0) is 27.4. The zero-order valence-electron chi connectivity index (χ0n) is 22.4. The largest absolute Gasteiger partial charge is 0.474 e. The number of benzene rings is 1. The fraction of sp³-hybridized carbons (Fsp3) is 0.321. The predicted molar refractivity (Wildman–Crippen MR) is 152 cm³/mol. The van der Waals surface area contributed by atoms with Gasteiger partial charge in [-0.1, -0.05) is 12.1 Å². The summed E-state index contributed by atoms with van der Waals surface area (Å²) in [6.45, 7) is 7.95. The second-order valence-electron chi connectivity index (χ2n) is 9.63. The van der Waals surface area contributed by atoms with E-state index in [0.717, 1.165) is 48.2 Å². The van der Waals surface area contributed by atoms with Crippen molar-refractivity contribution in [3.05, 3.63) is 66.5 Å². The molecule has 0 aliphatic carbocycles.